The smallest absolute Gasteiger partial charge is 0.327 e. The van der Waals surface area contributed by atoms with Crippen LogP contribution < -0.4 is 16.2 Å². The van der Waals surface area contributed by atoms with Crippen LogP contribution in [0, 0.1) is 0 Å². The predicted molar refractivity (Wildman–Crippen MR) is 185 cm³/mol. The number of carbonyl (C=O) groups is 2. The first-order chi connectivity index (χ1) is 23.0. The minimum Gasteiger partial charge on any atom is -0.469 e. The van der Waals surface area contributed by atoms with Crippen molar-refractivity contribution in [2.24, 2.45) is 0 Å². The fourth-order valence-electron chi connectivity index (χ4n) is 6.09. The van der Waals surface area contributed by atoms with Gasteiger partial charge in [0.1, 0.15) is 11.1 Å². The summed E-state index contributed by atoms with van der Waals surface area (Å²) in [6.07, 6.45) is 5.95. The third-order valence-electron chi connectivity index (χ3n) is 8.49. The van der Waals surface area contributed by atoms with Crippen LogP contribution in [-0.2, 0) is 38.6 Å². The quantitative estimate of drug-likeness (QED) is 0.158. The fourth-order valence-corrected chi connectivity index (χ4v) is 6.09. The van der Waals surface area contributed by atoms with Crippen molar-refractivity contribution in [2.75, 3.05) is 45.6 Å². The molecule has 13 nitrogen and oxygen atoms in total. The molecule has 1 aliphatic rings. The van der Waals surface area contributed by atoms with Crippen molar-refractivity contribution in [3.05, 3.63) is 45.9 Å². The van der Waals surface area contributed by atoms with E-state index in [4.69, 9.17) is 19.9 Å². The van der Waals surface area contributed by atoms with Crippen molar-refractivity contribution in [1.29, 1.82) is 0 Å². The number of imidazole rings is 1. The third kappa shape index (κ3) is 11.0. The van der Waals surface area contributed by atoms with E-state index in [1.54, 1.807) is 4.57 Å². The summed E-state index contributed by atoms with van der Waals surface area (Å²) in [4.78, 5) is 53.5. The molecule has 4 rings (SSSR count). The van der Waals surface area contributed by atoms with Crippen LogP contribution in [0.2, 0.25) is 0 Å². The van der Waals surface area contributed by atoms with Gasteiger partial charge in [-0.2, -0.15) is 9.97 Å². The Kier molecular flexibility index (Phi) is 13.4. The maximum atomic E-state index is 13.0. The van der Waals surface area contributed by atoms with Crippen LogP contribution in [0.5, 0.6) is 6.01 Å². The lowest BCUT2D eigenvalue weighted by Crippen LogP contribution is -2.45. The zero-order valence-corrected chi connectivity index (χ0v) is 29.3. The number of likely N-dealkylation sites (tertiary alicyclic amines) is 1. The van der Waals surface area contributed by atoms with E-state index >= 15 is 0 Å². The summed E-state index contributed by atoms with van der Waals surface area (Å²) in [5.41, 5.74) is 8.31. The number of hydrogen-bond donors (Lipinski definition) is 2. The molecule has 13 heteroatoms. The maximum Gasteiger partial charge on any atom is 0.327 e. The van der Waals surface area contributed by atoms with Gasteiger partial charge < -0.3 is 29.8 Å². The van der Waals surface area contributed by atoms with Crippen molar-refractivity contribution in [3.63, 3.8) is 0 Å². The second kappa shape index (κ2) is 17.4. The van der Waals surface area contributed by atoms with Crippen molar-refractivity contribution >= 4 is 28.9 Å². The highest BCUT2D eigenvalue weighted by Gasteiger charge is 2.25. The summed E-state index contributed by atoms with van der Waals surface area (Å²) < 4.78 is 17.6. The van der Waals surface area contributed by atoms with E-state index in [1.165, 1.54) is 7.11 Å². The van der Waals surface area contributed by atoms with Gasteiger partial charge in [-0.05, 0) is 83.6 Å². The lowest BCUT2D eigenvalue weighted by molar-refractivity contribution is -0.155. The lowest BCUT2D eigenvalue weighted by Gasteiger charge is -2.39. The standard InChI is InChI=1S/C35H53N7O6/c1-6-7-21-47-33-38-31(36)30-32(39-33)42(34(45)37-30)18-10-17-41(24-26-12-8-11-25(22-26)23-29(44)46-5)27-14-19-40(20-15-27)16-9-13-28(43)48-35(2,3)4/h8,11-12,22,27H,6-7,9-10,13-21,23-24H2,1-5H3,(H,37,45)(H2,36,38,39). The van der Waals surface area contributed by atoms with Crippen LogP contribution in [0.15, 0.2) is 29.1 Å². The predicted octanol–water partition coefficient (Wildman–Crippen LogP) is 4.07. The topological polar surface area (TPSA) is 158 Å². The van der Waals surface area contributed by atoms with Gasteiger partial charge in [-0.25, -0.2) is 4.79 Å². The van der Waals surface area contributed by atoms with Crippen LogP contribution in [0.1, 0.15) is 83.8 Å². The van der Waals surface area contributed by atoms with Crippen molar-refractivity contribution in [1.82, 2.24) is 29.3 Å². The Labute approximate surface area is 283 Å². The van der Waals surface area contributed by atoms with E-state index in [2.05, 4.69) is 43.8 Å². The number of H-pyrrole nitrogens is 1. The van der Waals surface area contributed by atoms with Gasteiger partial charge in [-0.15, -0.1) is 0 Å². The Balaban J connectivity index is 1.42. The molecule has 0 saturated carbocycles. The molecule has 0 aliphatic carbocycles. The Hall–Kier alpha value is -3.97. The number of nitrogens with two attached hydrogens (primary N) is 1. The van der Waals surface area contributed by atoms with Gasteiger partial charge >= 0.3 is 23.6 Å². The number of esters is 2. The Morgan fingerprint density at radius 1 is 1.06 bits per heavy atom. The van der Waals surface area contributed by atoms with Crippen molar-refractivity contribution < 1.29 is 23.8 Å². The summed E-state index contributed by atoms with van der Waals surface area (Å²) >= 11 is 0. The highest BCUT2D eigenvalue weighted by Crippen LogP contribution is 2.22. The average molecular weight is 668 g/mol. The van der Waals surface area contributed by atoms with E-state index in [9.17, 15) is 14.4 Å². The summed E-state index contributed by atoms with van der Waals surface area (Å²) in [6, 6.07) is 8.59. The zero-order chi connectivity index (χ0) is 34.7. The van der Waals surface area contributed by atoms with Gasteiger partial charge in [0.05, 0.1) is 20.1 Å². The number of piperidine rings is 1. The number of rotatable bonds is 17. The molecule has 0 bridgehead atoms. The van der Waals surface area contributed by atoms with Gasteiger partial charge in [0, 0.05) is 32.1 Å². The van der Waals surface area contributed by atoms with Crippen LogP contribution in [0.25, 0.3) is 11.2 Å². The molecule has 2 aromatic heterocycles. The first-order valence-corrected chi connectivity index (χ1v) is 17.2. The molecule has 1 aromatic carbocycles. The monoisotopic (exact) mass is 667 g/mol. The highest BCUT2D eigenvalue weighted by atomic mass is 16.6. The van der Waals surface area contributed by atoms with Gasteiger partial charge in [0.15, 0.2) is 11.5 Å². The molecular weight excluding hydrogens is 614 g/mol. The largest absolute Gasteiger partial charge is 0.469 e. The number of methoxy groups -OCH3 is 1. The van der Waals surface area contributed by atoms with Gasteiger partial charge in [-0.3, -0.25) is 19.1 Å². The van der Waals surface area contributed by atoms with Crippen molar-refractivity contribution in [2.45, 2.75) is 104 Å². The molecule has 264 valence electrons. The molecule has 1 saturated heterocycles. The minimum atomic E-state index is -0.466. The molecule has 0 amide bonds. The third-order valence-corrected chi connectivity index (χ3v) is 8.49. The number of anilines is 1. The number of fused-ring (bicyclic) bond motifs is 1. The lowest BCUT2D eigenvalue weighted by atomic mass is 10.0. The summed E-state index contributed by atoms with van der Waals surface area (Å²) in [5, 5.41) is 0. The SMILES string of the molecule is CCCCOc1nc(N)c2[nH]c(=O)n(CCCN(Cc3cccc(CC(=O)OC)c3)C3CCN(CCCC(=O)OC(C)(C)C)CC3)c2n1. The number of hydrogen-bond acceptors (Lipinski definition) is 11. The highest BCUT2D eigenvalue weighted by molar-refractivity contribution is 5.81. The molecule has 0 spiro atoms. The number of nitrogens with zero attached hydrogens (tertiary/aromatic N) is 5. The zero-order valence-electron chi connectivity index (χ0n) is 29.3. The number of aromatic amines is 1. The molecule has 3 heterocycles. The van der Waals surface area contributed by atoms with E-state index in [0.717, 1.165) is 69.4 Å². The van der Waals surface area contributed by atoms with E-state index in [-0.39, 0.29) is 35.9 Å². The number of nitrogen functional groups attached to an aromatic ring is 1. The van der Waals surface area contributed by atoms with Gasteiger partial charge in [0.2, 0.25) is 0 Å². The second-order valence-electron chi connectivity index (χ2n) is 13.5. The van der Waals surface area contributed by atoms with E-state index in [0.29, 0.717) is 49.7 Å². The number of unbranched alkanes of at least 4 members (excludes halogenated alkanes) is 1. The summed E-state index contributed by atoms with van der Waals surface area (Å²) in [5.74, 6) is -0.231. The number of carbonyl (C=O) groups excluding carboxylic acids is 2. The van der Waals surface area contributed by atoms with Crippen LogP contribution in [0.3, 0.4) is 0 Å². The molecule has 1 aliphatic heterocycles. The molecule has 1 fully saturated rings. The Morgan fingerprint density at radius 3 is 2.52 bits per heavy atom. The first kappa shape index (κ1) is 36.9. The van der Waals surface area contributed by atoms with E-state index < -0.39 is 5.60 Å². The van der Waals surface area contributed by atoms with Gasteiger partial charge in [0.25, 0.3) is 0 Å². The molecule has 48 heavy (non-hydrogen) atoms. The average Bonchev–Trinajstić information content (AvgIpc) is 3.35. The molecule has 3 aromatic rings. The van der Waals surface area contributed by atoms with Crippen molar-refractivity contribution in [3.8, 4) is 6.01 Å². The second-order valence-corrected chi connectivity index (χ2v) is 13.5. The van der Waals surface area contributed by atoms with E-state index in [1.807, 2.05) is 32.9 Å². The van der Waals surface area contributed by atoms with Crippen LogP contribution in [0.4, 0.5) is 5.82 Å². The molecular formula is C35H53N7O6. The molecule has 0 unspecified atom stereocenters. The fraction of sp³-hybridized carbons (Fsp3) is 0.629. The molecule has 3 N–H and O–H groups in total. The van der Waals surface area contributed by atoms with Crippen LogP contribution >= 0.6 is 0 Å². The Morgan fingerprint density at radius 2 is 1.81 bits per heavy atom. The number of aryl methyl sites for hydroxylation is 1. The number of benzene rings is 1. The van der Waals surface area contributed by atoms with Gasteiger partial charge in [-0.1, -0.05) is 37.6 Å². The summed E-state index contributed by atoms with van der Waals surface area (Å²) in [6.45, 7) is 12.9. The van der Waals surface area contributed by atoms with Crippen LogP contribution in [-0.4, -0.2) is 92.8 Å². The number of nitrogens with one attached hydrogen (secondary N) is 1. The Bertz CT molecular complexity index is 1550. The minimum absolute atomic E-state index is 0.151. The first-order valence-electron chi connectivity index (χ1n) is 17.2. The number of ether oxygens (including phenoxy) is 3. The maximum absolute atomic E-state index is 13.0. The summed E-state index contributed by atoms with van der Waals surface area (Å²) in [7, 11) is 1.40. The molecule has 0 radical (unpaired) electrons. The molecule has 0 atom stereocenters. The normalized spacial score (nSPS) is 14.5. The number of aromatic nitrogens is 4.